The van der Waals surface area contributed by atoms with Gasteiger partial charge in [0, 0.05) is 18.3 Å². The topological polar surface area (TPSA) is 74.4 Å². The molecule has 2 aromatic carbocycles. The van der Waals surface area contributed by atoms with Crippen molar-refractivity contribution < 1.29 is 10.2 Å². The number of benzene rings is 2. The first-order valence-electron chi connectivity index (χ1n) is 9.81. The summed E-state index contributed by atoms with van der Waals surface area (Å²) in [5, 5.41) is 28.8. The summed E-state index contributed by atoms with van der Waals surface area (Å²) in [6, 6.07) is 11.5. The van der Waals surface area contributed by atoms with Crippen LogP contribution in [0, 0.1) is 0 Å². The molecule has 6 heteroatoms. The molecule has 1 aliphatic rings. The zero-order valence-corrected chi connectivity index (χ0v) is 16.3. The molecule has 2 heterocycles. The first kappa shape index (κ1) is 18.5. The summed E-state index contributed by atoms with van der Waals surface area (Å²) in [6.45, 7) is 7.33. The van der Waals surface area contributed by atoms with Gasteiger partial charge in [-0.2, -0.15) is 0 Å². The molecule has 1 fully saturated rings. The van der Waals surface area contributed by atoms with Gasteiger partial charge >= 0.3 is 0 Å². The summed E-state index contributed by atoms with van der Waals surface area (Å²) in [5.74, 6) is 0.752. The van der Waals surface area contributed by atoms with Gasteiger partial charge in [-0.1, -0.05) is 26.0 Å². The van der Waals surface area contributed by atoms with Crippen LogP contribution < -0.4 is 0 Å². The van der Waals surface area contributed by atoms with Crippen molar-refractivity contribution in [1.29, 1.82) is 0 Å². The van der Waals surface area contributed by atoms with Gasteiger partial charge in [-0.05, 0) is 61.2 Å². The van der Waals surface area contributed by atoms with E-state index in [2.05, 4.69) is 39.4 Å². The molecule has 0 spiro atoms. The van der Waals surface area contributed by atoms with Gasteiger partial charge in [-0.25, -0.2) is 0 Å². The number of hydrogen-bond acceptors (Lipinski definition) is 5. The fourth-order valence-corrected chi connectivity index (χ4v) is 3.80. The number of rotatable bonds is 5. The van der Waals surface area contributed by atoms with Crippen LogP contribution in [0.15, 0.2) is 42.7 Å². The van der Waals surface area contributed by atoms with Gasteiger partial charge in [0.2, 0.25) is 0 Å². The van der Waals surface area contributed by atoms with Crippen molar-refractivity contribution >= 4 is 0 Å². The second-order valence-electron chi connectivity index (χ2n) is 7.76. The van der Waals surface area contributed by atoms with Crippen molar-refractivity contribution in [3.8, 4) is 28.6 Å². The van der Waals surface area contributed by atoms with E-state index in [0.717, 1.165) is 17.8 Å². The van der Waals surface area contributed by atoms with Crippen LogP contribution in [-0.2, 0) is 6.54 Å². The zero-order valence-electron chi connectivity index (χ0n) is 16.3. The van der Waals surface area contributed by atoms with Crippen LogP contribution in [0.1, 0.15) is 43.7 Å². The first-order chi connectivity index (χ1) is 13.5. The van der Waals surface area contributed by atoms with E-state index < -0.39 is 0 Å². The molecular weight excluding hydrogens is 352 g/mol. The molecule has 0 aliphatic carbocycles. The normalized spacial score (nSPS) is 14.8. The molecule has 0 atom stereocenters. The number of aromatic nitrogens is 3. The highest BCUT2D eigenvalue weighted by molar-refractivity contribution is 5.69. The molecule has 1 aliphatic heterocycles. The molecule has 0 saturated carbocycles. The van der Waals surface area contributed by atoms with Crippen LogP contribution in [0.3, 0.4) is 0 Å². The van der Waals surface area contributed by atoms with E-state index in [1.807, 2.05) is 18.4 Å². The monoisotopic (exact) mass is 378 g/mol. The van der Waals surface area contributed by atoms with E-state index in [4.69, 9.17) is 0 Å². The number of aromatic hydroxyl groups is 2. The Morgan fingerprint density at radius 2 is 1.71 bits per heavy atom. The largest absolute Gasteiger partial charge is 0.508 e. The van der Waals surface area contributed by atoms with Gasteiger partial charge in [-0.3, -0.25) is 9.47 Å². The standard InChI is InChI=1S/C22H26N4O2/c1-15(2)18-11-19(21(28)12-20(18)27)22-24-23-14-26(22)17-7-5-16(6-8-17)13-25-9-3-4-10-25/h5-8,11-12,14-15,27-28H,3-4,9-10,13H2,1-2H3. The molecule has 1 aromatic heterocycles. The lowest BCUT2D eigenvalue weighted by Crippen LogP contribution is -2.18. The van der Waals surface area contributed by atoms with Gasteiger partial charge in [0.15, 0.2) is 5.82 Å². The van der Waals surface area contributed by atoms with Crippen molar-refractivity contribution in [2.24, 2.45) is 0 Å². The lowest BCUT2D eigenvalue weighted by atomic mass is 9.98. The van der Waals surface area contributed by atoms with Crippen LogP contribution in [-0.4, -0.2) is 43.0 Å². The molecule has 1 saturated heterocycles. The second-order valence-corrected chi connectivity index (χ2v) is 7.76. The Balaban J connectivity index is 1.65. The van der Waals surface area contributed by atoms with Crippen LogP contribution in [0.5, 0.6) is 11.5 Å². The average Bonchev–Trinajstić information content (AvgIpc) is 3.34. The van der Waals surface area contributed by atoms with E-state index in [9.17, 15) is 10.2 Å². The summed E-state index contributed by atoms with van der Waals surface area (Å²) >= 11 is 0. The Kier molecular flexibility index (Phi) is 5.05. The predicted molar refractivity (Wildman–Crippen MR) is 109 cm³/mol. The van der Waals surface area contributed by atoms with Crippen molar-refractivity contribution in [3.05, 3.63) is 53.9 Å². The number of phenolic OH excluding ortho intramolecular Hbond substituents is 2. The maximum atomic E-state index is 10.4. The minimum atomic E-state index is -0.0122. The van der Waals surface area contributed by atoms with Crippen LogP contribution >= 0.6 is 0 Å². The summed E-state index contributed by atoms with van der Waals surface area (Å²) in [5.41, 5.74) is 3.54. The summed E-state index contributed by atoms with van der Waals surface area (Å²) in [4.78, 5) is 2.47. The van der Waals surface area contributed by atoms with Crippen molar-refractivity contribution in [1.82, 2.24) is 19.7 Å². The van der Waals surface area contributed by atoms with Gasteiger partial charge in [0.25, 0.3) is 0 Å². The maximum absolute atomic E-state index is 10.4. The Morgan fingerprint density at radius 3 is 2.39 bits per heavy atom. The fourth-order valence-electron chi connectivity index (χ4n) is 3.80. The first-order valence-corrected chi connectivity index (χ1v) is 9.81. The van der Waals surface area contributed by atoms with Crippen molar-refractivity contribution in [3.63, 3.8) is 0 Å². The lowest BCUT2D eigenvalue weighted by molar-refractivity contribution is 0.331. The zero-order chi connectivity index (χ0) is 19.7. The average molecular weight is 378 g/mol. The number of likely N-dealkylation sites (tertiary alicyclic amines) is 1. The van der Waals surface area contributed by atoms with Gasteiger partial charge in [0.1, 0.15) is 17.8 Å². The van der Waals surface area contributed by atoms with Crippen molar-refractivity contribution in [2.45, 2.75) is 39.2 Å². The number of phenols is 2. The van der Waals surface area contributed by atoms with E-state index in [1.54, 1.807) is 12.4 Å². The minimum absolute atomic E-state index is 0.0122. The molecule has 146 valence electrons. The third-order valence-electron chi connectivity index (χ3n) is 5.38. The Morgan fingerprint density at radius 1 is 1.00 bits per heavy atom. The lowest BCUT2D eigenvalue weighted by Gasteiger charge is -2.15. The molecule has 2 N–H and O–H groups in total. The number of hydrogen-bond donors (Lipinski definition) is 2. The summed E-state index contributed by atoms with van der Waals surface area (Å²) < 4.78 is 1.86. The second kappa shape index (κ2) is 7.64. The summed E-state index contributed by atoms with van der Waals surface area (Å²) in [7, 11) is 0. The van der Waals surface area contributed by atoms with Crippen LogP contribution in [0.4, 0.5) is 0 Å². The van der Waals surface area contributed by atoms with E-state index in [0.29, 0.717) is 11.4 Å². The molecule has 0 radical (unpaired) electrons. The molecule has 28 heavy (non-hydrogen) atoms. The van der Waals surface area contributed by atoms with E-state index >= 15 is 0 Å². The molecule has 3 aromatic rings. The Bertz CT molecular complexity index is 957. The fraction of sp³-hybridized carbons (Fsp3) is 0.364. The Hall–Kier alpha value is -2.86. The third-order valence-corrected chi connectivity index (χ3v) is 5.38. The molecule has 6 nitrogen and oxygen atoms in total. The highest BCUT2D eigenvalue weighted by Crippen LogP contribution is 2.37. The smallest absolute Gasteiger partial charge is 0.172 e. The molecular formula is C22H26N4O2. The van der Waals surface area contributed by atoms with Crippen molar-refractivity contribution in [2.75, 3.05) is 13.1 Å². The maximum Gasteiger partial charge on any atom is 0.172 e. The van der Waals surface area contributed by atoms with Crippen LogP contribution in [0.25, 0.3) is 17.1 Å². The molecule has 4 rings (SSSR count). The van der Waals surface area contributed by atoms with E-state index in [1.165, 1.54) is 37.6 Å². The third kappa shape index (κ3) is 3.60. The molecule has 0 unspecified atom stereocenters. The van der Waals surface area contributed by atoms with Gasteiger partial charge in [0.05, 0.1) is 5.56 Å². The van der Waals surface area contributed by atoms with Gasteiger partial charge in [-0.15, -0.1) is 10.2 Å². The van der Waals surface area contributed by atoms with E-state index in [-0.39, 0.29) is 17.4 Å². The SMILES string of the molecule is CC(C)c1cc(-c2nncn2-c2ccc(CN3CCCC3)cc2)c(O)cc1O. The van der Waals surface area contributed by atoms with Gasteiger partial charge < -0.3 is 10.2 Å². The highest BCUT2D eigenvalue weighted by atomic mass is 16.3. The Labute approximate surface area is 165 Å². The highest BCUT2D eigenvalue weighted by Gasteiger charge is 2.18. The van der Waals surface area contributed by atoms with Crippen LogP contribution in [0.2, 0.25) is 0 Å². The predicted octanol–water partition coefficient (Wildman–Crippen LogP) is 4.06. The summed E-state index contributed by atoms with van der Waals surface area (Å²) in [6.07, 6.45) is 4.22. The molecule has 0 amide bonds. The quantitative estimate of drug-likeness (QED) is 0.700. The number of nitrogens with zero attached hydrogens (tertiary/aromatic N) is 4. The molecule has 0 bridgehead atoms. The minimum Gasteiger partial charge on any atom is -0.508 e.